The van der Waals surface area contributed by atoms with Gasteiger partial charge >= 0.3 is 0 Å². The molecule has 0 saturated carbocycles. The molecule has 1 aliphatic carbocycles. The number of hydrogen-bond donors (Lipinski definition) is 0. The van der Waals surface area contributed by atoms with E-state index in [1.807, 2.05) is 19.9 Å². The van der Waals surface area contributed by atoms with Crippen LogP contribution in [-0.2, 0) is 4.79 Å². The summed E-state index contributed by atoms with van der Waals surface area (Å²) in [5.41, 5.74) is 2.23. The minimum Gasteiger partial charge on any atom is -0.299 e. The van der Waals surface area contributed by atoms with Crippen molar-refractivity contribution in [3.8, 4) is 0 Å². The Balaban J connectivity index is 0.000000671. The van der Waals surface area contributed by atoms with Gasteiger partial charge in [0.15, 0.2) is 0 Å². The Morgan fingerprint density at radius 2 is 1.62 bits per heavy atom. The predicted molar refractivity (Wildman–Crippen MR) is 57.6 cm³/mol. The number of rotatable bonds is 2. The van der Waals surface area contributed by atoms with Gasteiger partial charge in [-0.15, -0.1) is 0 Å². The molecule has 13 heavy (non-hydrogen) atoms. The van der Waals surface area contributed by atoms with E-state index in [0.717, 1.165) is 12.0 Å². The minimum absolute atomic E-state index is 0.311. The summed E-state index contributed by atoms with van der Waals surface area (Å²) in [6, 6.07) is 0. The first-order chi connectivity index (χ1) is 6.27. The van der Waals surface area contributed by atoms with Crippen molar-refractivity contribution in [1.82, 2.24) is 0 Å². The minimum atomic E-state index is 0.311. The summed E-state index contributed by atoms with van der Waals surface area (Å²) in [5.74, 6) is 0.311. The van der Waals surface area contributed by atoms with Gasteiger partial charge < -0.3 is 0 Å². The largest absolute Gasteiger partial charge is 0.299 e. The molecule has 72 valence electrons. The van der Waals surface area contributed by atoms with Crippen LogP contribution < -0.4 is 0 Å². The van der Waals surface area contributed by atoms with E-state index in [4.69, 9.17) is 0 Å². The summed E-state index contributed by atoms with van der Waals surface area (Å²) in [6.45, 7) is 11.3. The number of ketones is 1. The van der Waals surface area contributed by atoms with Crippen LogP contribution in [0.4, 0.5) is 0 Å². The van der Waals surface area contributed by atoms with Crippen LogP contribution in [0.2, 0.25) is 0 Å². The van der Waals surface area contributed by atoms with Gasteiger partial charge in [0.1, 0.15) is 5.78 Å². The van der Waals surface area contributed by atoms with Crippen molar-refractivity contribution < 1.29 is 4.79 Å². The SMILES string of the molecule is C=CC1=C(C=C)CC(=O)CC1.CC. The lowest BCUT2D eigenvalue weighted by molar-refractivity contribution is -0.118. The lowest BCUT2D eigenvalue weighted by Gasteiger charge is -2.13. The highest BCUT2D eigenvalue weighted by molar-refractivity contribution is 5.83. The van der Waals surface area contributed by atoms with E-state index in [1.165, 1.54) is 5.57 Å². The highest BCUT2D eigenvalue weighted by Crippen LogP contribution is 2.23. The average Bonchev–Trinajstić information content (AvgIpc) is 2.20. The van der Waals surface area contributed by atoms with E-state index in [9.17, 15) is 4.79 Å². The fourth-order valence-electron chi connectivity index (χ4n) is 1.29. The zero-order valence-electron chi connectivity index (χ0n) is 8.60. The molecule has 0 unspecified atom stereocenters. The van der Waals surface area contributed by atoms with E-state index >= 15 is 0 Å². The fourth-order valence-corrected chi connectivity index (χ4v) is 1.29. The second kappa shape index (κ2) is 6.41. The smallest absolute Gasteiger partial charge is 0.137 e. The molecule has 0 spiro atoms. The van der Waals surface area contributed by atoms with Gasteiger partial charge in [-0.05, 0) is 17.6 Å². The van der Waals surface area contributed by atoms with Gasteiger partial charge in [0, 0.05) is 12.8 Å². The molecule has 1 aliphatic rings. The Bertz CT molecular complexity index is 234. The molecule has 0 saturated heterocycles. The molecule has 0 bridgehead atoms. The quantitative estimate of drug-likeness (QED) is 0.633. The first-order valence-electron chi connectivity index (χ1n) is 4.76. The van der Waals surface area contributed by atoms with Crippen LogP contribution in [-0.4, -0.2) is 5.78 Å². The molecule has 0 aromatic carbocycles. The van der Waals surface area contributed by atoms with Crippen LogP contribution in [0.25, 0.3) is 0 Å². The third-order valence-electron chi connectivity index (χ3n) is 1.97. The van der Waals surface area contributed by atoms with E-state index in [2.05, 4.69) is 13.2 Å². The van der Waals surface area contributed by atoms with Crippen LogP contribution in [0.3, 0.4) is 0 Å². The van der Waals surface area contributed by atoms with Crippen molar-refractivity contribution in [2.24, 2.45) is 0 Å². The maximum atomic E-state index is 11.0. The molecular formula is C12H18O. The van der Waals surface area contributed by atoms with Gasteiger partial charge in [-0.2, -0.15) is 0 Å². The lowest BCUT2D eigenvalue weighted by Crippen LogP contribution is -2.06. The number of carbonyl (C=O) groups excluding carboxylic acids is 1. The average molecular weight is 178 g/mol. The number of Topliss-reactive ketones (excluding diaryl/α,β-unsaturated/α-hetero) is 1. The van der Waals surface area contributed by atoms with Crippen LogP contribution >= 0.6 is 0 Å². The molecular weight excluding hydrogens is 160 g/mol. The van der Waals surface area contributed by atoms with Crippen LogP contribution in [0.1, 0.15) is 33.1 Å². The topological polar surface area (TPSA) is 17.1 Å². The summed E-state index contributed by atoms with van der Waals surface area (Å²) >= 11 is 0. The first-order valence-corrected chi connectivity index (χ1v) is 4.76. The van der Waals surface area contributed by atoms with Gasteiger partial charge in [-0.3, -0.25) is 4.79 Å². The Labute approximate surface area is 80.8 Å². The maximum Gasteiger partial charge on any atom is 0.137 e. The normalized spacial score (nSPS) is 16.0. The molecule has 0 aliphatic heterocycles. The molecule has 0 heterocycles. The molecule has 0 amide bonds. The monoisotopic (exact) mass is 178 g/mol. The Hall–Kier alpha value is -1.11. The Kier molecular flexibility index (Phi) is 5.86. The number of allylic oxidation sites excluding steroid dienone is 4. The molecule has 1 nitrogen and oxygen atoms in total. The molecule has 0 radical (unpaired) electrons. The van der Waals surface area contributed by atoms with E-state index in [-0.39, 0.29) is 0 Å². The second-order valence-corrected chi connectivity index (χ2v) is 2.67. The highest BCUT2D eigenvalue weighted by atomic mass is 16.1. The molecule has 0 N–H and O–H groups in total. The van der Waals surface area contributed by atoms with Gasteiger partial charge in [-0.25, -0.2) is 0 Å². The van der Waals surface area contributed by atoms with Crippen molar-refractivity contribution in [1.29, 1.82) is 0 Å². The second-order valence-electron chi connectivity index (χ2n) is 2.67. The third kappa shape index (κ3) is 3.41. The fraction of sp³-hybridized carbons (Fsp3) is 0.417. The van der Waals surface area contributed by atoms with E-state index < -0.39 is 0 Å². The zero-order chi connectivity index (χ0) is 10.3. The van der Waals surface area contributed by atoms with Gasteiger partial charge in [-0.1, -0.05) is 39.2 Å². The summed E-state index contributed by atoms with van der Waals surface area (Å²) < 4.78 is 0. The molecule has 0 fully saturated rings. The zero-order valence-corrected chi connectivity index (χ0v) is 8.60. The predicted octanol–water partition coefficient (Wildman–Crippen LogP) is 3.43. The van der Waals surface area contributed by atoms with Crippen molar-refractivity contribution in [2.75, 3.05) is 0 Å². The molecule has 1 rings (SSSR count). The molecule has 0 aromatic heterocycles. The van der Waals surface area contributed by atoms with Crippen molar-refractivity contribution >= 4 is 5.78 Å². The standard InChI is InChI=1S/C10H12O.C2H6/c1-3-8-5-6-10(11)7-9(8)4-2;1-2/h3-4H,1-2,5-7H2;1-2H3. The summed E-state index contributed by atoms with van der Waals surface area (Å²) in [7, 11) is 0. The maximum absolute atomic E-state index is 11.0. The van der Waals surface area contributed by atoms with Crippen LogP contribution in [0.15, 0.2) is 36.5 Å². The first kappa shape index (κ1) is 11.9. The van der Waals surface area contributed by atoms with E-state index in [1.54, 1.807) is 6.08 Å². The number of carbonyl (C=O) groups is 1. The van der Waals surface area contributed by atoms with Crippen LogP contribution in [0.5, 0.6) is 0 Å². The lowest BCUT2D eigenvalue weighted by atomic mass is 9.91. The highest BCUT2D eigenvalue weighted by Gasteiger charge is 2.13. The summed E-state index contributed by atoms with van der Waals surface area (Å²) in [6.07, 6.45) is 5.63. The molecule has 1 heteroatoms. The van der Waals surface area contributed by atoms with Gasteiger partial charge in [0.2, 0.25) is 0 Å². The van der Waals surface area contributed by atoms with Crippen LogP contribution in [0, 0.1) is 0 Å². The third-order valence-corrected chi connectivity index (χ3v) is 1.97. The Morgan fingerprint density at radius 3 is 2.08 bits per heavy atom. The summed E-state index contributed by atoms with van der Waals surface area (Å²) in [4.78, 5) is 11.0. The van der Waals surface area contributed by atoms with Crippen molar-refractivity contribution in [3.05, 3.63) is 36.5 Å². The van der Waals surface area contributed by atoms with Gasteiger partial charge in [0.25, 0.3) is 0 Å². The molecule has 0 aromatic rings. The number of hydrogen-bond acceptors (Lipinski definition) is 1. The van der Waals surface area contributed by atoms with Gasteiger partial charge in [0.05, 0.1) is 0 Å². The van der Waals surface area contributed by atoms with Crippen molar-refractivity contribution in [2.45, 2.75) is 33.1 Å². The summed E-state index contributed by atoms with van der Waals surface area (Å²) in [5, 5.41) is 0. The van der Waals surface area contributed by atoms with Crippen molar-refractivity contribution in [3.63, 3.8) is 0 Å². The van der Waals surface area contributed by atoms with E-state index in [0.29, 0.717) is 18.6 Å². The molecule has 0 atom stereocenters. The Morgan fingerprint density at radius 1 is 1.08 bits per heavy atom.